The fourth-order valence-corrected chi connectivity index (χ4v) is 2.74. The van der Waals surface area contributed by atoms with Gasteiger partial charge in [-0.15, -0.1) is 0 Å². The molecule has 0 amide bonds. The second-order valence-corrected chi connectivity index (χ2v) is 5.22. The number of alkyl halides is 3. The van der Waals surface area contributed by atoms with Crippen LogP contribution in [-0.2, 0) is 17.5 Å². The van der Waals surface area contributed by atoms with Gasteiger partial charge < -0.3 is 15.4 Å². The standard InChI is InChI=1S/C15H21F3N2O/c1-2-21-12-4-3-7-20(10-12)14-6-5-11(9-19)8-13(14)15(16,17)18/h5-6,8,12H,2-4,7,9-10,19H2,1H3. The summed E-state index contributed by atoms with van der Waals surface area (Å²) in [4.78, 5) is 1.77. The van der Waals surface area contributed by atoms with Gasteiger partial charge in [-0.05, 0) is 37.5 Å². The SMILES string of the molecule is CCOC1CCCN(c2ccc(CN)cc2C(F)(F)F)C1. The van der Waals surface area contributed by atoms with Gasteiger partial charge in [-0.2, -0.15) is 13.2 Å². The van der Waals surface area contributed by atoms with Crippen molar-refractivity contribution in [3.63, 3.8) is 0 Å². The largest absolute Gasteiger partial charge is 0.418 e. The maximum absolute atomic E-state index is 13.3. The summed E-state index contributed by atoms with van der Waals surface area (Å²) in [6.07, 6.45) is -2.65. The third-order valence-corrected chi connectivity index (χ3v) is 3.72. The minimum atomic E-state index is -4.38. The van der Waals surface area contributed by atoms with E-state index < -0.39 is 11.7 Å². The van der Waals surface area contributed by atoms with Crippen molar-refractivity contribution in [3.8, 4) is 0 Å². The number of hydrogen-bond acceptors (Lipinski definition) is 3. The van der Waals surface area contributed by atoms with Crippen molar-refractivity contribution in [2.75, 3.05) is 24.6 Å². The summed E-state index contributed by atoms with van der Waals surface area (Å²) in [5, 5.41) is 0. The van der Waals surface area contributed by atoms with Crippen molar-refractivity contribution >= 4 is 5.69 Å². The van der Waals surface area contributed by atoms with Gasteiger partial charge in [0.05, 0.1) is 11.7 Å². The molecule has 1 aromatic carbocycles. The first-order valence-corrected chi connectivity index (χ1v) is 7.22. The van der Waals surface area contributed by atoms with E-state index in [4.69, 9.17) is 10.5 Å². The van der Waals surface area contributed by atoms with Crippen LogP contribution >= 0.6 is 0 Å². The summed E-state index contributed by atoms with van der Waals surface area (Å²) < 4.78 is 45.4. The second kappa shape index (κ2) is 6.66. The van der Waals surface area contributed by atoms with Crippen molar-refractivity contribution in [1.82, 2.24) is 0 Å². The summed E-state index contributed by atoms with van der Waals surface area (Å²) in [7, 11) is 0. The van der Waals surface area contributed by atoms with E-state index in [-0.39, 0.29) is 18.3 Å². The van der Waals surface area contributed by atoms with Crippen LogP contribution < -0.4 is 10.6 Å². The molecule has 3 nitrogen and oxygen atoms in total. The molecule has 1 aromatic rings. The highest BCUT2D eigenvalue weighted by Gasteiger charge is 2.36. The van der Waals surface area contributed by atoms with Crippen LogP contribution in [0, 0.1) is 0 Å². The minimum Gasteiger partial charge on any atom is -0.377 e. The van der Waals surface area contributed by atoms with Crippen molar-refractivity contribution in [2.24, 2.45) is 5.73 Å². The van der Waals surface area contributed by atoms with Crippen LogP contribution in [0.3, 0.4) is 0 Å². The molecule has 1 heterocycles. The number of ether oxygens (including phenoxy) is 1. The first-order chi connectivity index (χ1) is 9.95. The fraction of sp³-hybridized carbons (Fsp3) is 0.600. The molecule has 1 atom stereocenters. The van der Waals surface area contributed by atoms with E-state index in [9.17, 15) is 13.2 Å². The zero-order chi connectivity index (χ0) is 15.5. The van der Waals surface area contributed by atoms with Gasteiger partial charge in [0.25, 0.3) is 0 Å². The number of piperidine rings is 1. The zero-order valence-electron chi connectivity index (χ0n) is 12.1. The molecular weight excluding hydrogens is 281 g/mol. The zero-order valence-corrected chi connectivity index (χ0v) is 12.1. The smallest absolute Gasteiger partial charge is 0.377 e. The van der Waals surface area contributed by atoms with E-state index in [2.05, 4.69) is 0 Å². The predicted octanol–water partition coefficient (Wildman–Crippen LogP) is 3.17. The van der Waals surface area contributed by atoms with Gasteiger partial charge in [-0.1, -0.05) is 6.07 Å². The van der Waals surface area contributed by atoms with E-state index in [1.807, 2.05) is 6.92 Å². The third kappa shape index (κ3) is 3.89. The molecule has 1 saturated heterocycles. The van der Waals surface area contributed by atoms with Crippen molar-refractivity contribution < 1.29 is 17.9 Å². The molecule has 6 heteroatoms. The molecule has 1 aliphatic heterocycles. The molecule has 2 N–H and O–H groups in total. The lowest BCUT2D eigenvalue weighted by molar-refractivity contribution is -0.137. The van der Waals surface area contributed by atoms with Gasteiger partial charge in [-0.25, -0.2) is 0 Å². The summed E-state index contributed by atoms with van der Waals surface area (Å²) in [5.41, 5.74) is 5.56. The van der Waals surface area contributed by atoms with Crippen molar-refractivity contribution in [1.29, 1.82) is 0 Å². The molecule has 0 aromatic heterocycles. The lowest BCUT2D eigenvalue weighted by Gasteiger charge is -2.35. The Labute approximate surface area is 122 Å². The second-order valence-electron chi connectivity index (χ2n) is 5.22. The van der Waals surface area contributed by atoms with Crippen LogP contribution in [0.2, 0.25) is 0 Å². The van der Waals surface area contributed by atoms with Gasteiger partial charge in [0, 0.05) is 31.9 Å². The molecule has 0 bridgehead atoms. The number of rotatable bonds is 4. The summed E-state index contributed by atoms with van der Waals surface area (Å²) in [5.74, 6) is 0. The molecule has 1 unspecified atom stereocenters. The van der Waals surface area contributed by atoms with E-state index >= 15 is 0 Å². The number of benzene rings is 1. The van der Waals surface area contributed by atoms with Gasteiger partial charge >= 0.3 is 6.18 Å². The van der Waals surface area contributed by atoms with Crippen molar-refractivity contribution in [3.05, 3.63) is 29.3 Å². The number of hydrogen-bond donors (Lipinski definition) is 1. The van der Waals surface area contributed by atoms with Crippen LogP contribution in [-0.4, -0.2) is 25.8 Å². The first kappa shape index (κ1) is 16.1. The predicted molar refractivity (Wildman–Crippen MR) is 76.2 cm³/mol. The van der Waals surface area contributed by atoms with Crippen LogP contribution in [0.5, 0.6) is 0 Å². The minimum absolute atomic E-state index is 0.000909. The molecule has 0 radical (unpaired) electrons. The quantitative estimate of drug-likeness (QED) is 0.928. The highest BCUT2D eigenvalue weighted by atomic mass is 19.4. The molecule has 1 fully saturated rings. The molecular formula is C15H21F3N2O. The van der Waals surface area contributed by atoms with E-state index in [1.165, 1.54) is 6.07 Å². The summed E-state index contributed by atoms with van der Waals surface area (Å²) in [6, 6.07) is 4.34. The van der Waals surface area contributed by atoms with Gasteiger partial charge in [0.1, 0.15) is 0 Å². The Morgan fingerprint density at radius 2 is 2.14 bits per heavy atom. The van der Waals surface area contributed by atoms with Crippen molar-refractivity contribution in [2.45, 2.75) is 38.6 Å². The highest BCUT2D eigenvalue weighted by Crippen LogP contribution is 2.38. The number of halogens is 3. The lowest BCUT2D eigenvalue weighted by Crippen LogP contribution is -2.40. The van der Waals surface area contributed by atoms with Gasteiger partial charge in [-0.3, -0.25) is 0 Å². The van der Waals surface area contributed by atoms with Crippen LogP contribution in [0.25, 0.3) is 0 Å². The number of nitrogens with zero attached hydrogens (tertiary/aromatic N) is 1. The Morgan fingerprint density at radius 1 is 1.38 bits per heavy atom. The number of nitrogens with two attached hydrogens (primary N) is 1. The Morgan fingerprint density at radius 3 is 2.76 bits per heavy atom. The van der Waals surface area contributed by atoms with E-state index in [0.717, 1.165) is 18.9 Å². The van der Waals surface area contributed by atoms with Crippen LogP contribution in [0.1, 0.15) is 30.9 Å². The fourth-order valence-electron chi connectivity index (χ4n) is 2.74. The van der Waals surface area contributed by atoms with E-state index in [0.29, 0.717) is 25.3 Å². The average Bonchev–Trinajstić information content (AvgIpc) is 2.46. The highest BCUT2D eigenvalue weighted by molar-refractivity contribution is 5.57. The summed E-state index contributed by atoms with van der Waals surface area (Å²) in [6.45, 7) is 3.70. The summed E-state index contributed by atoms with van der Waals surface area (Å²) >= 11 is 0. The maximum Gasteiger partial charge on any atom is 0.418 e. The van der Waals surface area contributed by atoms with Crippen LogP contribution in [0.15, 0.2) is 18.2 Å². The van der Waals surface area contributed by atoms with Crippen LogP contribution in [0.4, 0.5) is 18.9 Å². The van der Waals surface area contributed by atoms with Gasteiger partial charge in [0.2, 0.25) is 0 Å². The Kier molecular flexibility index (Phi) is 5.11. The number of anilines is 1. The monoisotopic (exact) mass is 302 g/mol. The third-order valence-electron chi connectivity index (χ3n) is 3.72. The molecule has 2 rings (SSSR count). The maximum atomic E-state index is 13.3. The Balaban J connectivity index is 2.29. The molecule has 118 valence electrons. The Hall–Kier alpha value is -1.27. The average molecular weight is 302 g/mol. The molecule has 0 spiro atoms. The topological polar surface area (TPSA) is 38.5 Å². The first-order valence-electron chi connectivity index (χ1n) is 7.22. The normalized spacial score (nSPS) is 19.9. The molecule has 0 aliphatic carbocycles. The molecule has 0 saturated carbocycles. The van der Waals surface area contributed by atoms with Gasteiger partial charge in [0.15, 0.2) is 0 Å². The molecule has 1 aliphatic rings. The molecule has 21 heavy (non-hydrogen) atoms. The van der Waals surface area contributed by atoms with E-state index in [1.54, 1.807) is 11.0 Å². The lowest BCUT2D eigenvalue weighted by atomic mass is 10.0. The Bertz CT molecular complexity index is 474.